The Bertz CT molecular complexity index is 1140. The number of rotatable bonds is 8. The largest absolute Gasteiger partial charge is 0.419 e. The Labute approximate surface area is 205 Å². The van der Waals surface area contributed by atoms with E-state index in [4.69, 9.17) is 4.43 Å². The van der Waals surface area contributed by atoms with Gasteiger partial charge in [0.1, 0.15) is 0 Å². The maximum atomic E-state index is 13.5. The van der Waals surface area contributed by atoms with Crippen molar-refractivity contribution in [3.63, 3.8) is 0 Å². The lowest BCUT2D eigenvalue weighted by molar-refractivity contribution is -0.138. The van der Waals surface area contributed by atoms with Crippen LogP contribution in [0.2, 0.25) is 18.1 Å². The Hall–Kier alpha value is -3.04. The molecule has 1 N–H and O–H groups in total. The molecule has 0 spiro atoms. The van der Waals surface area contributed by atoms with Gasteiger partial charge in [-0.15, -0.1) is 0 Å². The van der Waals surface area contributed by atoms with Crippen LogP contribution in [-0.2, 0) is 17.1 Å². The molecule has 186 valence electrons. The Balaban J connectivity index is 1.70. The van der Waals surface area contributed by atoms with E-state index in [0.29, 0.717) is 6.54 Å². The summed E-state index contributed by atoms with van der Waals surface area (Å²) in [7, 11) is -2.00. The van der Waals surface area contributed by atoms with E-state index < -0.39 is 20.1 Å². The van der Waals surface area contributed by atoms with Crippen molar-refractivity contribution in [1.82, 2.24) is 15.0 Å². The van der Waals surface area contributed by atoms with Crippen molar-refractivity contribution in [2.75, 3.05) is 11.9 Å². The van der Waals surface area contributed by atoms with E-state index in [9.17, 15) is 13.2 Å². The average Bonchev–Trinajstić information content (AvgIpc) is 2.80. The number of hydrogen-bond acceptors (Lipinski definition) is 5. The molecule has 0 unspecified atom stereocenters. The number of anilines is 1. The maximum Gasteiger partial charge on any atom is 0.419 e. The lowest BCUT2D eigenvalue weighted by Gasteiger charge is -2.35. The van der Waals surface area contributed by atoms with Gasteiger partial charge < -0.3 is 9.74 Å². The van der Waals surface area contributed by atoms with Crippen molar-refractivity contribution in [2.24, 2.45) is 0 Å². The molecule has 0 amide bonds. The second-order valence-corrected chi connectivity index (χ2v) is 14.5. The minimum atomic E-state index is -4.56. The molecule has 0 aliphatic carbocycles. The molecule has 0 aliphatic rings. The normalized spacial score (nSPS) is 12.8. The molecular weight excluding hydrogens is 469 g/mol. The number of alkyl halides is 3. The second kappa shape index (κ2) is 10.7. The van der Waals surface area contributed by atoms with Gasteiger partial charge in [-0.1, -0.05) is 57.2 Å². The van der Waals surface area contributed by atoms with Gasteiger partial charge in [-0.25, -0.2) is 9.97 Å². The third kappa shape index (κ3) is 7.22. The Morgan fingerprint density at radius 3 is 2.31 bits per heavy atom. The Morgan fingerprint density at radius 1 is 1.00 bits per heavy atom. The molecule has 3 rings (SSSR count). The number of halogens is 3. The van der Waals surface area contributed by atoms with E-state index in [1.165, 1.54) is 6.08 Å². The summed E-state index contributed by atoms with van der Waals surface area (Å²) in [5.74, 6) is 0.122. The number of pyridine rings is 1. The molecule has 0 bridgehead atoms. The van der Waals surface area contributed by atoms with Crippen molar-refractivity contribution >= 4 is 20.3 Å². The van der Waals surface area contributed by atoms with E-state index >= 15 is 0 Å². The predicted molar refractivity (Wildman–Crippen MR) is 136 cm³/mol. The highest BCUT2D eigenvalue weighted by atomic mass is 28.4. The zero-order valence-corrected chi connectivity index (χ0v) is 21.6. The summed E-state index contributed by atoms with van der Waals surface area (Å²) >= 11 is 0. The van der Waals surface area contributed by atoms with Gasteiger partial charge in [-0.05, 0) is 41.9 Å². The van der Waals surface area contributed by atoms with Crippen molar-refractivity contribution in [2.45, 2.75) is 51.6 Å². The topological polar surface area (TPSA) is 59.9 Å². The average molecular weight is 501 g/mol. The molecule has 9 heteroatoms. The Morgan fingerprint density at radius 2 is 1.71 bits per heavy atom. The highest BCUT2D eigenvalue weighted by molar-refractivity contribution is 6.74. The van der Waals surface area contributed by atoms with Gasteiger partial charge in [0.05, 0.1) is 23.6 Å². The first-order valence-electron chi connectivity index (χ1n) is 11.4. The van der Waals surface area contributed by atoms with Crippen LogP contribution < -0.4 is 5.32 Å². The van der Waals surface area contributed by atoms with Crippen LogP contribution in [0.3, 0.4) is 0 Å². The van der Waals surface area contributed by atoms with Crippen LogP contribution in [0, 0.1) is 0 Å². The summed E-state index contributed by atoms with van der Waals surface area (Å²) < 4.78 is 46.5. The lowest BCUT2D eigenvalue weighted by atomic mass is 10.1. The van der Waals surface area contributed by atoms with Crippen molar-refractivity contribution in [3.8, 4) is 11.3 Å². The minimum absolute atomic E-state index is 0.0137. The first-order chi connectivity index (χ1) is 16.4. The SMILES string of the molecule is CC(C)(C)[Si](C)(C)OC/C=C/c1nc(NCc2ccc(-c3ccccn3)cc2)ncc1C(F)(F)F. The highest BCUT2D eigenvalue weighted by Gasteiger charge is 2.37. The van der Waals surface area contributed by atoms with Gasteiger partial charge in [0.25, 0.3) is 0 Å². The van der Waals surface area contributed by atoms with Crippen LogP contribution >= 0.6 is 0 Å². The summed E-state index contributed by atoms with van der Waals surface area (Å²) in [5, 5.41) is 3.02. The summed E-state index contributed by atoms with van der Waals surface area (Å²) in [6.45, 7) is 11.1. The number of nitrogens with zero attached hydrogens (tertiary/aromatic N) is 3. The molecule has 0 fully saturated rings. The van der Waals surface area contributed by atoms with Crippen LogP contribution in [-0.4, -0.2) is 29.9 Å². The predicted octanol–water partition coefficient (Wildman–Crippen LogP) is 7.20. The molecule has 3 aromatic rings. The molecule has 0 atom stereocenters. The fourth-order valence-electron chi connectivity index (χ4n) is 2.97. The van der Waals surface area contributed by atoms with E-state index in [-0.39, 0.29) is 23.3 Å². The first-order valence-corrected chi connectivity index (χ1v) is 14.3. The van der Waals surface area contributed by atoms with Crippen molar-refractivity contribution in [3.05, 3.63) is 77.8 Å². The van der Waals surface area contributed by atoms with Gasteiger partial charge in [0, 0.05) is 24.5 Å². The molecule has 0 radical (unpaired) electrons. The molecule has 0 saturated heterocycles. The summed E-state index contributed by atoms with van der Waals surface area (Å²) in [6.07, 6.45) is 0.925. The van der Waals surface area contributed by atoms with Crippen LogP contribution in [0.1, 0.15) is 37.6 Å². The standard InChI is InChI=1S/C26H31F3N4OSi/c1-25(2,3)35(4,5)34-16-8-10-23-21(26(27,28)29)18-32-24(33-23)31-17-19-11-13-20(14-12-19)22-9-6-7-15-30-22/h6-15,18H,16-17H2,1-5H3,(H,31,32,33)/b10-8+. The highest BCUT2D eigenvalue weighted by Crippen LogP contribution is 2.36. The lowest BCUT2D eigenvalue weighted by Crippen LogP contribution is -2.40. The smallest absolute Gasteiger partial charge is 0.413 e. The van der Waals surface area contributed by atoms with E-state index in [1.54, 1.807) is 12.3 Å². The summed E-state index contributed by atoms with van der Waals surface area (Å²) in [5.41, 5.74) is 1.71. The zero-order valence-electron chi connectivity index (χ0n) is 20.6. The van der Waals surface area contributed by atoms with Crippen molar-refractivity contribution < 1.29 is 17.6 Å². The van der Waals surface area contributed by atoms with Gasteiger partial charge in [0.2, 0.25) is 5.95 Å². The van der Waals surface area contributed by atoms with Crippen LogP contribution in [0.5, 0.6) is 0 Å². The van der Waals surface area contributed by atoms with Crippen LogP contribution in [0.25, 0.3) is 17.3 Å². The van der Waals surface area contributed by atoms with Crippen LogP contribution in [0.15, 0.2) is 60.9 Å². The van der Waals surface area contributed by atoms with Crippen LogP contribution in [0.4, 0.5) is 19.1 Å². The number of benzene rings is 1. The molecule has 5 nitrogen and oxygen atoms in total. The third-order valence-electron chi connectivity index (χ3n) is 6.11. The number of hydrogen-bond donors (Lipinski definition) is 1. The summed E-state index contributed by atoms with van der Waals surface area (Å²) in [6, 6.07) is 13.5. The molecule has 1 aromatic carbocycles. The van der Waals surface area contributed by atoms with Gasteiger partial charge >= 0.3 is 6.18 Å². The number of nitrogens with one attached hydrogen (secondary N) is 1. The van der Waals surface area contributed by atoms with E-state index in [0.717, 1.165) is 23.0 Å². The van der Waals surface area contributed by atoms with Gasteiger partial charge in [-0.2, -0.15) is 13.2 Å². The molecule has 2 aromatic heterocycles. The first kappa shape index (κ1) is 26.6. The monoisotopic (exact) mass is 500 g/mol. The van der Waals surface area contributed by atoms with Gasteiger partial charge in [-0.3, -0.25) is 4.98 Å². The maximum absolute atomic E-state index is 13.5. The third-order valence-corrected chi connectivity index (χ3v) is 10.6. The quantitative estimate of drug-likeness (QED) is 0.331. The van der Waals surface area contributed by atoms with Crippen molar-refractivity contribution in [1.29, 1.82) is 0 Å². The zero-order chi connectivity index (χ0) is 25.7. The minimum Gasteiger partial charge on any atom is -0.413 e. The van der Waals surface area contributed by atoms with E-state index in [1.807, 2.05) is 42.5 Å². The fraction of sp³-hybridized carbons (Fsp3) is 0.346. The summed E-state index contributed by atoms with van der Waals surface area (Å²) in [4.78, 5) is 12.3. The van der Waals surface area contributed by atoms with E-state index in [2.05, 4.69) is 54.1 Å². The molecule has 0 saturated carbocycles. The molecule has 2 heterocycles. The van der Waals surface area contributed by atoms with Gasteiger partial charge in [0.15, 0.2) is 8.32 Å². The second-order valence-electron chi connectivity index (χ2n) is 9.73. The molecule has 0 aliphatic heterocycles. The molecular formula is C26H31F3N4OSi. The Kier molecular flexibility index (Phi) is 8.12. The molecule has 35 heavy (non-hydrogen) atoms. The fourth-order valence-corrected chi connectivity index (χ4v) is 3.91. The number of aromatic nitrogens is 3.